The van der Waals surface area contributed by atoms with Crippen LogP contribution in [0.1, 0.15) is 0 Å². The van der Waals surface area contributed by atoms with Gasteiger partial charge in [0.2, 0.25) is 0 Å². The third-order valence-corrected chi connectivity index (χ3v) is 0. The average Bonchev–Trinajstić information content (AvgIpc) is 1.94. The van der Waals surface area contributed by atoms with Crippen molar-refractivity contribution in [2.24, 2.45) is 0 Å². The summed E-state index contributed by atoms with van der Waals surface area (Å²) >= 11 is -35.2. The molecule has 0 fully saturated rings. The Morgan fingerprint density at radius 1 is 0.250 bits per heavy atom. The molecular formula is F6K6Mn6O18. The van der Waals surface area contributed by atoms with Crippen molar-refractivity contribution in [3.8, 4) is 0 Å². The first-order valence-electron chi connectivity index (χ1n) is 3.63. The van der Waals surface area contributed by atoms with Gasteiger partial charge in [-0.15, -0.1) is 0 Å². The molecule has 0 saturated heterocycles. The van der Waals surface area contributed by atoms with Crippen molar-refractivity contribution in [3.05, 3.63) is 0 Å². The Morgan fingerprint density at radius 3 is 0.250 bits per heavy atom. The van der Waals surface area contributed by atoms with Gasteiger partial charge in [-0.25, -0.2) is 0 Å². The van der Waals surface area contributed by atoms with Crippen molar-refractivity contribution >= 4 is 0 Å². The van der Waals surface area contributed by atoms with E-state index >= 15 is 0 Å². The maximum atomic E-state index is 10.2. The summed E-state index contributed by atoms with van der Waals surface area (Å²) < 4.78 is 213. The average molecular weight is 966 g/mol. The number of halogens is 6. The minimum atomic E-state index is -5.88. The van der Waals surface area contributed by atoms with Crippen LogP contribution < -0.4 is 333 Å². The normalized spacial score (nSPS) is 9.67. The molecule has 0 unspecified atom stereocenters. The molecule has 0 amide bonds. The Morgan fingerprint density at radius 2 is 0.250 bits per heavy atom. The predicted octanol–water partition coefficient (Wildman–Crippen LogP) is -24.0. The van der Waals surface area contributed by atoms with Crippen LogP contribution in [0.3, 0.4) is 0 Å². The van der Waals surface area contributed by atoms with E-state index in [4.69, 9.17) is 71.1 Å². The summed E-state index contributed by atoms with van der Waals surface area (Å²) in [7, 11) is 0. The molecule has 36 heteroatoms. The third-order valence-electron chi connectivity index (χ3n) is 0. The van der Waals surface area contributed by atoms with Crippen molar-refractivity contribution in [2.45, 2.75) is 0 Å². The number of hydrogen-bond acceptors (Lipinski definition) is 18. The van der Waals surface area contributed by atoms with Gasteiger partial charge in [0.1, 0.15) is 0 Å². The Balaban J connectivity index is -0.0000000186. The van der Waals surface area contributed by atoms with Gasteiger partial charge in [0.05, 0.1) is 0 Å². The zero-order chi connectivity index (χ0) is 27.0. The molecule has 198 valence electrons. The van der Waals surface area contributed by atoms with Crippen LogP contribution in [0.2, 0.25) is 0 Å². The summed E-state index contributed by atoms with van der Waals surface area (Å²) in [5.41, 5.74) is 0. The van der Waals surface area contributed by atoms with Gasteiger partial charge < -0.3 is 0 Å². The molecule has 0 N–H and O–H groups in total. The van der Waals surface area contributed by atoms with E-state index in [9.17, 15) is 21.3 Å². The van der Waals surface area contributed by atoms with E-state index in [1.54, 1.807) is 0 Å². The van der Waals surface area contributed by atoms with E-state index < -0.39 is 81.0 Å². The van der Waals surface area contributed by atoms with Crippen LogP contribution >= 0.6 is 0 Å². The third kappa shape index (κ3) is 827. The first-order chi connectivity index (χ1) is 12.0. The zero-order valence-electron chi connectivity index (χ0n) is 17.9. The van der Waals surface area contributed by atoms with Gasteiger partial charge >= 0.3 is 482 Å². The van der Waals surface area contributed by atoms with Crippen LogP contribution in [-0.2, 0) is 127 Å². The molecule has 18 nitrogen and oxygen atoms in total. The van der Waals surface area contributed by atoms with Crippen LogP contribution in [-0.4, -0.2) is 0 Å². The van der Waals surface area contributed by atoms with Gasteiger partial charge in [-0.2, -0.15) is 0 Å². The zero-order valence-corrected chi connectivity index (χ0v) is 43.7. The number of hydrogen-bond donors (Lipinski definition) is 0. The van der Waals surface area contributed by atoms with E-state index in [-0.39, 0.29) is 308 Å². The van der Waals surface area contributed by atoms with Gasteiger partial charge in [0, 0.05) is 0 Å². The van der Waals surface area contributed by atoms with Crippen LogP contribution in [0, 0.1) is 0 Å². The van der Waals surface area contributed by atoms with Gasteiger partial charge in [0.15, 0.2) is 0 Å². The first kappa shape index (κ1) is 80.5. The second-order valence-electron chi connectivity index (χ2n) is 2.18. The molecule has 0 aromatic carbocycles. The summed E-state index contributed by atoms with van der Waals surface area (Å²) in [5, 5.41) is 0. The molecule has 0 rings (SSSR count). The van der Waals surface area contributed by atoms with Gasteiger partial charge in [-0.05, 0) is 0 Å². The standard InChI is InChI=1S/6FH.6K.6Mn.18O/h6*1H;;;;;;;;;;;;;;;;;;;;;;;;;;;;;;/q;;;;;;12*+1;;;;;;;;;;;;;6*-1/p-6. The summed E-state index contributed by atoms with van der Waals surface area (Å²) in [6.07, 6.45) is 0. The molecule has 0 aliphatic heterocycles. The molecule has 0 aromatic rings. The summed E-state index contributed by atoms with van der Waals surface area (Å²) in [6, 6.07) is 0. The van der Waals surface area contributed by atoms with Crippen LogP contribution in [0.5, 0.6) is 0 Å². The molecule has 0 heterocycles. The van der Waals surface area contributed by atoms with Gasteiger partial charge in [0.25, 0.3) is 0 Å². The van der Waals surface area contributed by atoms with Crippen LogP contribution in [0.25, 0.3) is 0 Å². The van der Waals surface area contributed by atoms with E-state index in [0.717, 1.165) is 0 Å². The van der Waals surface area contributed by atoms with Crippen molar-refractivity contribution in [1.82, 2.24) is 0 Å². The summed E-state index contributed by atoms with van der Waals surface area (Å²) in [6.45, 7) is 0. The number of rotatable bonds is 0. The fourth-order valence-corrected chi connectivity index (χ4v) is 0. The van der Waals surface area contributed by atoms with E-state index in [2.05, 4.69) is 0 Å². The second-order valence-corrected chi connectivity index (χ2v) is 9.00. The first-order valence-corrected chi connectivity index (χ1v) is 15.0. The van der Waals surface area contributed by atoms with Crippen LogP contribution in [0.4, 0.5) is 21.3 Å². The Kier molecular flexibility index (Phi) is 91.8. The van der Waals surface area contributed by atoms with E-state index in [1.165, 1.54) is 0 Å². The molecule has 36 heavy (non-hydrogen) atoms. The monoisotopic (exact) mass is 965 g/mol. The fourth-order valence-electron chi connectivity index (χ4n) is 0. The molecule has 0 saturated carbocycles. The quantitative estimate of drug-likeness (QED) is 0.161. The molecule has 0 aliphatic rings. The predicted molar refractivity (Wildman–Crippen MR) is 14.9 cm³/mol. The van der Waals surface area contributed by atoms with Crippen molar-refractivity contribution in [2.75, 3.05) is 0 Å². The molecule has 0 atom stereocenters. The minimum absolute atomic E-state index is 0. The van der Waals surface area contributed by atoms with Crippen molar-refractivity contribution < 1.29 is 482 Å². The molecule has 0 aliphatic carbocycles. The molecular weight excluding hydrogens is 966 g/mol. The van der Waals surface area contributed by atoms with E-state index in [0.29, 0.717) is 0 Å². The van der Waals surface area contributed by atoms with Gasteiger partial charge in [-0.3, -0.25) is 0 Å². The Bertz CT molecular complexity index is 796. The van der Waals surface area contributed by atoms with Crippen LogP contribution in [0.15, 0.2) is 0 Å². The fraction of sp³-hybridized carbons (Fsp3) is 0. The second kappa shape index (κ2) is 41.0. The molecule has 0 bridgehead atoms. The molecule has 0 spiro atoms. The topological polar surface area (TPSA) is 343 Å². The summed E-state index contributed by atoms with van der Waals surface area (Å²) in [4.78, 5) is 0. The SMILES string of the molecule is [K+].[K+].[K+].[K+].[K+].[K+].[O]=[Mn](=[O])([O-])[F].[O]=[Mn](=[O])([O-])[F].[O]=[Mn](=[O])([O-])[F].[O]=[Mn](=[O])([O-])[F].[O]=[Mn](=[O])([O-])[F].[O]=[Mn](=[O])([O-])[F]. The Labute approximate surface area is 466 Å². The van der Waals surface area contributed by atoms with Crippen molar-refractivity contribution in [1.29, 1.82) is 0 Å². The maximum absolute atomic E-state index is 10.2. The molecule has 0 aromatic heterocycles. The van der Waals surface area contributed by atoms with Gasteiger partial charge in [-0.1, -0.05) is 0 Å². The van der Waals surface area contributed by atoms with Crippen molar-refractivity contribution in [3.63, 3.8) is 0 Å². The summed E-state index contributed by atoms with van der Waals surface area (Å²) in [5.74, 6) is 0. The van der Waals surface area contributed by atoms with E-state index in [1.807, 2.05) is 0 Å². The Hall–Kier alpha value is 9.88. The molecule has 0 radical (unpaired) electrons.